The first kappa shape index (κ1) is 22.9. The lowest BCUT2D eigenvalue weighted by molar-refractivity contribution is -0.137. The van der Waals surface area contributed by atoms with Gasteiger partial charge in [-0.25, -0.2) is 9.97 Å². The highest BCUT2D eigenvalue weighted by atomic mass is 19.4. The van der Waals surface area contributed by atoms with Gasteiger partial charge in [0.15, 0.2) is 5.82 Å². The summed E-state index contributed by atoms with van der Waals surface area (Å²) in [6.45, 7) is 0.412. The van der Waals surface area contributed by atoms with Crippen LogP contribution >= 0.6 is 0 Å². The molecule has 34 heavy (non-hydrogen) atoms. The van der Waals surface area contributed by atoms with E-state index < -0.39 is 23.6 Å². The predicted octanol–water partition coefficient (Wildman–Crippen LogP) is 3.65. The molecule has 1 aromatic carbocycles. The number of amides is 2. The van der Waals surface area contributed by atoms with Crippen molar-refractivity contribution in [3.8, 4) is 0 Å². The molecule has 174 valence electrons. The van der Waals surface area contributed by atoms with Crippen molar-refractivity contribution in [1.82, 2.24) is 24.8 Å². The Balaban J connectivity index is 1.39. The van der Waals surface area contributed by atoms with Crippen LogP contribution in [0.4, 0.5) is 19.0 Å². The summed E-state index contributed by atoms with van der Waals surface area (Å²) < 4.78 is 39.6. The van der Waals surface area contributed by atoms with Crippen LogP contribution in [0.3, 0.4) is 0 Å². The smallest absolute Gasteiger partial charge is 0.349 e. The molecule has 0 saturated heterocycles. The molecule has 3 aromatic heterocycles. The second kappa shape index (κ2) is 9.69. The lowest BCUT2D eigenvalue weighted by atomic mass is 10.2. The van der Waals surface area contributed by atoms with Gasteiger partial charge in [0.1, 0.15) is 5.82 Å². The molecule has 0 unspecified atom stereocenters. The largest absolute Gasteiger partial charge is 0.417 e. The monoisotopic (exact) mass is 468 g/mol. The third kappa shape index (κ3) is 5.37. The lowest BCUT2D eigenvalue weighted by Crippen LogP contribution is -2.30. The zero-order valence-corrected chi connectivity index (χ0v) is 17.7. The maximum atomic E-state index is 12.8. The van der Waals surface area contributed by atoms with Gasteiger partial charge in [-0.1, -0.05) is 12.1 Å². The Morgan fingerprint density at radius 1 is 1.00 bits per heavy atom. The SMILES string of the molecule is O=C(CCNC(=O)c1nc2ccccc2n1Cc1ccncc1)Nc1ccc(C(F)(F)F)cn1. The number of para-hydroxylation sites is 2. The van der Waals surface area contributed by atoms with Gasteiger partial charge >= 0.3 is 6.18 Å². The fraction of sp³-hybridized carbons (Fsp3) is 0.174. The summed E-state index contributed by atoms with van der Waals surface area (Å²) in [5.41, 5.74) is 1.48. The van der Waals surface area contributed by atoms with Gasteiger partial charge in [0.2, 0.25) is 5.91 Å². The number of nitrogens with zero attached hydrogens (tertiary/aromatic N) is 4. The van der Waals surface area contributed by atoms with Crippen molar-refractivity contribution in [2.75, 3.05) is 11.9 Å². The number of benzene rings is 1. The summed E-state index contributed by atoms with van der Waals surface area (Å²) in [4.78, 5) is 37.0. The Bertz CT molecular complexity index is 1300. The minimum absolute atomic E-state index is 0.00373. The highest BCUT2D eigenvalue weighted by Crippen LogP contribution is 2.28. The molecule has 4 aromatic rings. The first-order valence-electron chi connectivity index (χ1n) is 10.3. The Kier molecular flexibility index (Phi) is 6.53. The van der Waals surface area contributed by atoms with Gasteiger partial charge in [0.25, 0.3) is 5.91 Å². The van der Waals surface area contributed by atoms with Crippen molar-refractivity contribution in [2.45, 2.75) is 19.1 Å². The van der Waals surface area contributed by atoms with Crippen LogP contribution in [0.15, 0.2) is 67.1 Å². The standard InChI is InChI=1S/C23H19F3N6O2/c24-23(25,26)16-5-6-19(29-13-16)31-20(33)9-12-28-22(34)21-30-17-3-1-2-4-18(17)32(21)14-15-7-10-27-11-8-15/h1-8,10-11,13H,9,12,14H2,(H,28,34)(H,29,31,33). The van der Waals surface area contributed by atoms with E-state index in [9.17, 15) is 22.8 Å². The average molecular weight is 468 g/mol. The Morgan fingerprint density at radius 2 is 1.76 bits per heavy atom. The number of alkyl halides is 3. The van der Waals surface area contributed by atoms with Gasteiger partial charge in [0, 0.05) is 38.1 Å². The van der Waals surface area contributed by atoms with E-state index in [1.807, 2.05) is 30.3 Å². The number of carbonyl (C=O) groups excluding carboxylic acids is 2. The summed E-state index contributed by atoms with van der Waals surface area (Å²) in [7, 11) is 0. The van der Waals surface area contributed by atoms with Crippen molar-refractivity contribution in [1.29, 1.82) is 0 Å². The lowest BCUT2D eigenvalue weighted by Gasteiger charge is -2.10. The summed E-state index contributed by atoms with van der Waals surface area (Å²) in [5, 5.41) is 5.07. The van der Waals surface area contributed by atoms with Crippen molar-refractivity contribution in [3.63, 3.8) is 0 Å². The van der Waals surface area contributed by atoms with E-state index in [0.717, 1.165) is 23.2 Å². The van der Waals surface area contributed by atoms with Crippen LogP contribution in [0.5, 0.6) is 0 Å². The van der Waals surface area contributed by atoms with Crippen LogP contribution in [0, 0.1) is 0 Å². The first-order chi connectivity index (χ1) is 16.3. The predicted molar refractivity (Wildman–Crippen MR) is 118 cm³/mol. The Labute approximate surface area is 191 Å². The fourth-order valence-corrected chi connectivity index (χ4v) is 3.29. The van der Waals surface area contributed by atoms with Crippen molar-refractivity contribution in [2.24, 2.45) is 0 Å². The second-order valence-corrected chi connectivity index (χ2v) is 7.35. The molecule has 0 radical (unpaired) electrons. The average Bonchev–Trinajstić information content (AvgIpc) is 3.18. The van der Waals surface area contributed by atoms with Crippen molar-refractivity contribution < 1.29 is 22.8 Å². The first-order valence-corrected chi connectivity index (χ1v) is 10.3. The topological polar surface area (TPSA) is 102 Å². The number of hydrogen-bond donors (Lipinski definition) is 2. The zero-order chi connectivity index (χ0) is 24.1. The van der Waals surface area contributed by atoms with Gasteiger partial charge in [-0.15, -0.1) is 0 Å². The molecule has 0 spiro atoms. The van der Waals surface area contributed by atoms with E-state index in [1.54, 1.807) is 23.0 Å². The van der Waals surface area contributed by atoms with Gasteiger partial charge < -0.3 is 15.2 Å². The molecule has 0 saturated carbocycles. The second-order valence-electron chi connectivity index (χ2n) is 7.35. The van der Waals surface area contributed by atoms with Crippen LogP contribution in [0.1, 0.15) is 28.2 Å². The van der Waals surface area contributed by atoms with E-state index in [2.05, 4.69) is 25.6 Å². The number of imidazole rings is 1. The molecule has 0 aliphatic heterocycles. The highest BCUT2D eigenvalue weighted by molar-refractivity contribution is 5.95. The van der Waals surface area contributed by atoms with Crippen LogP contribution < -0.4 is 10.6 Å². The van der Waals surface area contributed by atoms with Gasteiger partial charge in [0.05, 0.1) is 16.6 Å². The van der Waals surface area contributed by atoms with Crippen molar-refractivity contribution >= 4 is 28.7 Å². The molecule has 0 atom stereocenters. The number of carbonyl (C=O) groups is 2. The summed E-state index contributed by atoms with van der Waals surface area (Å²) in [6.07, 6.45) is -0.631. The number of anilines is 1. The number of aromatic nitrogens is 4. The summed E-state index contributed by atoms with van der Waals surface area (Å²) in [5.74, 6) is -0.769. The number of halogens is 3. The molecule has 0 aliphatic rings. The van der Waals surface area contributed by atoms with E-state index >= 15 is 0 Å². The molecular weight excluding hydrogens is 449 g/mol. The van der Waals surface area contributed by atoms with E-state index in [0.29, 0.717) is 18.3 Å². The molecule has 11 heteroatoms. The molecule has 2 amide bonds. The minimum atomic E-state index is -4.51. The van der Waals surface area contributed by atoms with Crippen LogP contribution in [0.2, 0.25) is 0 Å². The van der Waals surface area contributed by atoms with Gasteiger partial charge in [-0.3, -0.25) is 14.6 Å². The molecule has 0 fully saturated rings. The molecule has 0 bridgehead atoms. The highest BCUT2D eigenvalue weighted by Gasteiger charge is 2.30. The van der Waals surface area contributed by atoms with Crippen LogP contribution in [0.25, 0.3) is 11.0 Å². The summed E-state index contributed by atoms with van der Waals surface area (Å²) in [6, 6.07) is 12.9. The number of fused-ring (bicyclic) bond motifs is 1. The van der Waals surface area contributed by atoms with Gasteiger partial charge in [-0.05, 0) is 42.0 Å². The molecule has 2 N–H and O–H groups in total. The van der Waals surface area contributed by atoms with Gasteiger partial charge in [-0.2, -0.15) is 13.2 Å². The van der Waals surface area contributed by atoms with Crippen molar-refractivity contribution in [3.05, 3.63) is 84.1 Å². The Morgan fingerprint density at radius 3 is 2.47 bits per heavy atom. The fourth-order valence-electron chi connectivity index (χ4n) is 3.29. The van der Waals surface area contributed by atoms with Crippen LogP contribution in [-0.2, 0) is 17.5 Å². The normalized spacial score (nSPS) is 11.4. The number of pyridine rings is 2. The number of nitrogens with one attached hydrogen (secondary N) is 2. The van der Waals surface area contributed by atoms with E-state index in [-0.39, 0.29) is 24.6 Å². The minimum Gasteiger partial charge on any atom is -0.349 e. The third-order valence-electron chi connectivity index (χ3n) is 4.94. The maximum Gasteiger partial charge on any atom is 0.417 e. The molecule has 8 nitrogen and oxygen atoms in total. The molecule has 4 rings (SSSR count). The van der Waals surface area contributed by atoms with E-state index in [4.69, 9.17) is 0 Å². The maximum absolute atomic E-state index is 12.8. The zero-order valence-electron chi connectivity index (χ0n) is 17.7. The third-order valence-corrected chi connectivity index (χ3v) is 4.94. The van der Waals surface area contributed by atoms with E-state index in [1.165, 1.54) is 0 Å². The number of rotatable bonds is 7. The summed E-state index contributed by atoms with van der Waals surface area (Å²) >= 11 is 0. The molecule has 3 heterocycles. The Hall–Kier alpha value is -4.28. The molecular formula is C23H19F3N6O2. The van der Waals surface area contributed by atoms with Crippen LogP contribution in [-0.4, -0.2) is 37.9 Å². The molecule has 0 aliphatic carbocycles. The quantitative estimate of drug-likeness (QED) is 0.431. The number of hydrogen-bond acceptors (Lipinski definition) is 5.